The summed E-state index contributed by atoms with van der Waals surface area (Å²) in [7, 11) is 0. The van der Waals surface area contributed by atoms with Crippen molar-refractivity contribution in [3.63, 3.8) is 0 Å². The van der Waals surface area contributed by atoms with E-state index in [1.807, 2.05) is 0 Å². The first-order valence-electron chi connectivity index (χ1n) is 2.11. The molecule has 38 valence electrons. The molecule has 0 bridgehead atoms. The van der Waals surface area contributed by atoms with Crippen molar-refractivity contribution in [2.45, 2.75) is 13.8 Å². The first-order valence-corrected chi connectivity index (χ1v) is 2.11. The van der Waals surface area contributed by atoms with Crippen LogP contribution < -0.4 is 0 Å². The van der Waals surface area contributed by atoms with Gasteiger partial charge in [0.2, 0.25) is 0 Å². The van der Waals surface area contributed by atoms with Crippen LogP contribution in [-0.4, -0.2) is 5.97 Å². The number of carbonyl (C=O) groups is 1. The van der Waals surface area contributed by atoms with E-state index in [0.717, 1.165) is 11.3 Å². The predicted molar refractivity (Wildman–Crippen MR) is 24.5 cm³/mol. The first-order chi connectivity index (χ1) is 3.22. The van der Waals surface area contributed by atoms with Gasteiger partial charge in [0, 0.05) is 0 Å². The molecule has 0 unspecified atom stereocenters. The Morgan fingerprint density at radius 3 is 2.00 bits per heavy atom. The van der Waals surface area contributed by atoms with Crippen molar-refractivity contribution in [2.24, 2.45) is 0 Å². The normalized spacial score (nSPS) is 18.9. The topological polar surface area (TPSA) is 26.3 Å². The molecule has 0 saturated heterocycles. The van der Waals surface area contributed by atoms with Gasteiger partial charge in [-0.3, -0.25) is 0 Å². The summed E-state index contributed by atoms with van der Waals surface area (Å²) in [5.74, 6) is 0.572. The second kappa shape index (κ2) is 1.09. The third-order valence-electron chi connectivity index (χ3n) is 1.08. The molecule has 7 heavy (non-hydrogen) atoms. The van der Waals surface area contributed by atoms with Crippen molar-refractivity contribution < 1.29 is 9.53 Å². The largest absolute Gasteiger partial charge is 0.427 e. The molecule has 0 aliphatic carbocycles. The van der Waals surface area contributed by atoms with Gasteiger partial charge in [-0.25, -0.2) is 4.79 Å². The molecule has 0 spiro atoms. The summed E-state index contributed by atoms with van der Waals surface area (Å²) in [6.45, 7) is 3.53. The smallest absolute Gasteiger partial charge is 0.342 e. The van der Waals surface area contributed by atoms with Crippen molar-refractivity contribution in [3.8, 4) is 0 Å². The van der Waals surface area contributed by atoms with E-state index in [4.69, 9.17) is 0 Å². The average Bonchev–Trinajstić information content (AvgIpc) is 1.68. The Morgan fingerprint density at radius 2 is 2.00 bits per heavy atom. The Bertz CT molecular complexity index is 144. The Balaban J connectivity index is 2.85. The summed E-state index contributed by atoms with van der Waals surface area (Å²) in [6, 6.07) is 0. The lowest BCUT2D eigenvalue weighted by Gasteiger charge is -2.14. The van der Waals surface area contributed by atoms with Crippen molar-refractivity contribution in [1.29, 1.82) is 0 Å². The van der Waals surface area contributed by atoms with Crippen LogP contribution in [0.1, 0.15) is 13.8 Å². The van der Waals surface area contributed by atoms with Crippen molar-refractivity contribution >= 4 is 5.97 Å². The molecule has 2 nitrogen and oxygen atoms in total. The highest BCUT2D eigenvalue weighted by atomic mass is 16.6. The Hall–Kier alpha value is -0.790. The molecule has 0 fully saturated rings. The van der Waals surface area contributed by atoms with Gasteiger partial charge in [-0.2, -0.15) is 0 Å². The molecular weight excluding hydrogens is 92.1 g/mol. The van der Waals surface area contributed by atoms with Crippen LogP contribution in [0.2, 0.25) is 0 Å². The minimum Gasteiger partial charge on any atom is -0.427 e. The third kappa shape index (κ3) is 0.427. The molecule has 0 amide bonds. The van der Waals surface area contributed by atoms with E-state index >= 15 is 0 Å². The molecule has 1 aliphatic rings. The molecule has 0 N–H and O–H groups in total. The number of hydrogen-bond donors (Lipinski definition) is 0. The minimum absolute atomic E-state index is 0.183. The highest BCUT2D eigenvalue weighted by molar-refractivity contribution is 5.94. The number of hydrogen-bond acceptors (Lipinski definition) is 2. The van der Waals surface area contributed by atoms with E-state index in [2.05, 4.69) is 4.74 Å². The first kappa shape index (κ1) is 4.37. The maximum Gasteiger partial charge on any atom is 0.342 e. The van der Waals surface area contributed by atoms with Crippen LogP contribution in [0.15, 0.2) is 11.3 Å². The Kier molecular flexibility index (Phi) is 0.680. The number of cyclic esters (lactones) is 1. The molecular formula is C5H6O2. The predicted octanol–water partition coefficient (Wildman–Crippen LogP) is 0.837. The van der Waals surface area contributed by atoms with E-state index in [0.29, 0.717) is 0 Å². The summed E-state index contributed by atoms with van der Waals surface area (Å²) in [5, 5.41) is 0. The molecule has 1 rings (SSSR count). The maximum atomic E-state index is 10.2. The second-order valence-electron chi connectivity index (χ2n) is 1.57. The van der Waals surface area contributed by atoms with Crippen LogP contribution in [0.25, 0.3) is 0 Å². The van der Waals surface area contributed by atoms with E-state index < -0.39 is 0 Å². The van der Waals surface area contributed by atoms with Crippen molar-refractivity contribution in [3.05, 3.63) is 11.3 Å². The Labute approximate surface area is 41.8 Å². The highest BCUT2D eigenvalue weighted by Gasteiger charge is 2.20. The lowest BCUT2D eigenvalue weighted by molar-refractivity contribution is -0.140. The fourth-order valence-corrected chi connectivity index (χ4v) is 0.390. The molecule has 1 aliphatic heterocycles. The zero-order valence-electron chi connectivity index (χ0n) is 4.32. The molecule has 0 aromatic carbocycles. The third-order valence-corrected chi connectivity index (χ3v) is 1.08. The number of carbonyl (C=O) groups excluding carboxylic acids is 1. The highest BCUT2D eigenvalue weighted by Crippen LogP contribution is 2.17. The summed E-state index contributed by atoms with van der Waals surface area (Å²) < 4.78 is 4.49. The summed E-state index contributed by atoms with van der Waals surface area (Å²) in [4.78, 5) is 10.2. The molecule has 1 heterocycles. The Morgan fingerprint density at radius 1 is 1.43 bits per heavy atom. The van der Waals surface area contributed by atoms with Gasteiger partial charge in [-0.1, -0.05) is 0 Å². The molecule has 0 radical (unpaired) electrons. The van der Waals surface area contributed by atoms with Crippen LogP contribution in [0.4, 0.5) is 0 Å². The lowest BCUT2D eigenvalue weighted by Crippen LogP contribution is -2.16. The zero-order chi connectivity index (χ0) is 5.44. The number of esters is 1. The van der Waals surface area contributed by atoms with Gasteiger partial charge in [0.1, 0.15) is 5.76 Å². The standard InChI is InChI=1S/C5H6O2/c1-3-4(2)7-5(3)6/h1-2H3. The van der Waals surface area contributed by atoms with Crippen LogP contribution in [0.3, 0.4) is 0 Å². The lowest BCUT2D eigenvalue weighted by atomic mass is 10.2. The fraction of sp³-hybridized carbons (Fsp3) is 0.400. The van der Waals surface area contributed by atoms with E-state index in [-0.39, 0.29) is 5.97 Å². The SMILES string of the molecule is CC1=C(C)C(=O)O1. The van der Waals surface area contributed by atoms with Gasteiger partial charge in [0.15, 0.2) is 0 Å². The fourth-order valence-electron chi connectivity index (χ4n) is 0.390. The molecule has 0 aromatic rings. The van der Waals surface area contributed by atoms with Crippen LogP contribution in [0.5, 0.6) is 0 Å². The van der Waals surface area contributed by atoms with E-state index in [1.165, 1.54) is 0 Å². The molecule has 0 atom stereocenters. The molecule has 0 aromatic heterocycles. The van der Waals surface area contributed by atoms with Crippen LogP contribution in [0, 0.1) is 0 Å². The average molecular weight is 98.1 g/mol. The summed E-state index contributed by atoms with van der Waals surface area (Å²) in [6.07, 6.45) is 0. The van der Waals surface area contributed by atoms with Crippen molar-refractivity contribution in [2.75, 3.05) is 0 Å². The van der Waals surface area contributed by atoms with Gasteiger partial charge in [0.05, 0.1) is 5.57 Å². The minimum atomic E-state index is -0.183. The summed E-state index contributed by atoms with van der Waals surface area (Å²) in [5.41, 5.74) is 0.750. The number of allylic oxidation sites excluding steroid dienone is 1. The van der Waals surface area contributed by atoms with E-state index in [9.17, 15) is 4.79 Å². The summed E-state index contributed by atoms with van der Waals surface area (Å²) >= 11 is 0. The quantitative estimate of drug-likeness (QED) is 0.419. The molecule has 2 heteroatoms. The maximum absolute atomic E-state index is 10.2. The zero-order valence-corrected chi connectivity index (χ0v) is 4.32. The van der Waals surface area contributed by atoms with Gasteiger partial charge in [-0.05, 0) is 13.8 Å². The van der Waals surface area contributed by atoms with Gasteiger partial charge >= 0.3 is 5.97 Å². The second-order valence-corrected chi connectivity index (χ2v) is 1.57. The van der Waals surface area contributed by atoms with Gasteiger partial charge < -0.3 is 4.74 Å². The van der Waals surface area contributed by atoms with Crippen LogP contribution in [-0.2, 0) is 9.53 Å². The molecule has 0 saturated carbocycles. The number of ether oxygens (including phenoxy) is 1. The monoisotopic (exact) mass is 98.0 g/mol. The van der Waals surface area contributed by atoms with Crippen LogP contribution >= 0.6 is 0 Å². The van der Waals surface area contributed by atoms with E-state index in [1.54, 1.807) is 13.8 Å². The van der Waals surface area contributed by atoms with Gasteiger partial charge in [0.25, 0.3) is 0 Å². The number of rotatable bonds is 0. The van der Waals surface area contributed by atoms with Gasteiger partial charge in [-0.15, -0.1) is 0 Å². The van der Waals surface area contributed by atoms with Crippen molar-refractivity contribution in [1.82, 2.24) is 0 Å².